The van der Waals surface area contributed by atoms with Crippen molar-refractivity contribution in [2.45, 2.75) is 82.0 Å². The van der Waals surface area contributed by atoms with E-state index in [1.165, 1.54) is 32.1 Å². The Balaban J connectivity index is 1.67. The van der Waals surface area contributed by atoms with Crippen LogP contribution >= 0.6 is 0 Å². The number of hydrogen-bond donors (Lipinski definition) is 1. The van der Waals surface area contributed by atoms with E-state index in [-0.39, 0.29) is 17.3 Å². The Hall–Kier alpha value is -0.120. The summed E-state index contributed by atoms with van der Waals surface area (Å²) in [6, 6.07) is 0. The first kappa shape index (κ1) is 13.8. The molecule has 1 spiro atoms. The molecule has 1 N–H and O–H groups in total. The number of rotatable bonds is 2. The van der Waals surface area contributed by atoms with Crippen molar-refractivity contribution in [2.24, 2.45) is 5.92 Å². The summed E-state index contributed by atoms with van der Waals surface area (Å²) >= 11 is 0. The minimum atomic E-state index is -0.322. The fraction of sp³-hybridized carbons (Fsp3) is 1.00. The van der Waals surface area contributed by atoms with E-state index in [0.29, 0.717) is 5.92 Å². The van der Waals surface area contributed by atoms with Crippen molar-refractivity contribution in [3.8, 4) is 0 Å². The lowest BCUT2D eigenvalue weighted by atomic mass is 9.72. The monoisotopic (exact) mass is 268 g/mol. The maximum absolute atomic E-state index is 10.8. The molecule has 0 aromatic heterocycles. The van der Waals surface area contributed by atoms with E-state index >= 15 is 0 Å². The highest BCUT2D eigenvalue weighted by Gasteiger charge is 2.47. The summed E-state index contributed by atoms with van der Waals surface area (Å²) in [6.45, 7) is 3.72. The lowest BCUT2D eigenvalue weighted by Crippen LogP contribution is -2.50. The van der Waals surface area contributed by atoms with E-state index in [1.54, 1.807) is 0 Å². The summed E-state index contributed by atoms with van der Waals surface area (Å²) in [4.78, 5) is 0. The highest BCUT2D eigenvalue weighted by molar-refractivity contribution is 4.97. The molecule has 0 aromatic rings. The van der Waals surface area contributed by atoms with Crippen LogP contribution in [0.2, 0.25) is 0 Å². The number of aliphatic hydroxyl groups is 1. The van der Waals surface area contributed by atoms with Crippen LogP contribution in [0.25, 0.3) is 0 Å². The molecule has 0 amide bonds. The van der Waals surface area contributed by atoms with E-state index in [4.69, 9.17) is 9.47 Å². The number of hydrogen-bond acceptors (Lipinski definition) is 3. The van der Waals surface area contributed by atoms with Gasteiger partial charge in [0.15, 0.2) is 0 Å². The minimum absolute atomic E-state index is 0.0805. The van der Waals surface area contributed by atoms with Gasteiger partial charge in [-0.2, -0.15) is 0 Å². The Morgan fingerprint density at radius 3 is 2.47 bits per heavy atom. The predicted octanol–water partition coefficient (Wildman–Crippen LogP) is 3.05. The fourth-order valence-corrected chi connectivity index (χ4v) is 4.41. The highest BCUT2D eigenvalue weighted by atomic mass is 16.5. The molecule has 2 saturated heterocycles. The summed E-state index contributed by atoms with van der Waals surface area (Å²) in [5.74, 6) is 0.356. The van der Waals surface area contributed by atoms with Crippen LogP contribution in [-0.4, -0.2) is 35.6 Å². The normalized spacial score (nSPS) is 40.4. The van der Waals surface area contributed by atoms with Crippen LogP contribution in [-0.2, 0) is 9.47 Å². The largest absolute Gasteiger partial charge is 0.390 e. The smallest absolute Gasteiger partial charge is 0.0915 e. The maximum atomic E-state index is 10.8. The first-order valence-corrected chi connectivity index (χ1v) is 8.10. The van der Waals surface area contributed by atoms with Gasteiger partial charge in [-0.3, -0.25) is 0 Å². The third kappa shape index (κ3) is 2.70. The molecular formula is C16H28O3. The average Bonchev–Trinajstić information content (AvgIpc) is 2.87. The molecule has 19 heavy (non-hydrogen) atoms. The van der Waals surface area contributed by atoms with Gasteiger partial charge < -0.3 is 14.6 Å². The van der Waals surface area contributed by atoms with Gasteiger partial charge in [0.25, 0.3) is 0 Å². The van der Waals surface area contributed by atoms with E-state index in [2.05, 4.69) is 6.92 Å². The van der Waals surface area contributed by atoms with Crippen molar-refractivity contribution in [3.63, 3.8) is 0 Å². The summed E-state index contributed by atoms with van der Waals surface area (Å²) in [6.07, 6.45) is 10.1. The van der Waals surface area contributed by atoms with Crippen molar-refractivity contribution in [1.82, 2.24) is 0 Å². The van der Waals surface area contributed by atoms with Crippen molar-refractivity contribution < 1.29 is 14.6 Å². The number of aliphatic hydroxyl groups excluding tert-OH is 1. The van der Waals surface area contributed by atoms with Crippen LogP contribution in [0.15, 0.2) is 0 Å². The van der Waals surface area contributed by atoms with Gasteiger partial charge in [-0.15, -0.1) is 0 Å². The predicted molar refractivity (Wildman–Crippen MR) is 74.1 cm³/mol. The van der Waals surface area contributed by atoms with Gasteiger partial charge in [-0.05, 0) is 51.4 Å². The van der Waals surface area contributed by atoms with E-state index in [0.717, 1.165) is 38.9 Å². The third-order valence-electron chi connectivity index (χ3n) is 5.62. The van der Waals surface area contributed by atoms with Crippen LogP contribution < -0.4 is 0 Å². The Morgan fingerprint density at radius 1 is 1.00 bits per heavy atom. The molecule has 110 valence electrons. The van der Waals surface area contributed by atoms with Crippen LogP contribution in [0, 0.1) is 5.92 Å². The van der Waals surface area contributed by atoms with Crippen LogP contribution in [0.5, 0.6) is 0 Å². The van der Waals surface area contributed by atoms with Crippen LogP contribution in [0.4, 0.5) is 0 Å². The second-order valence-electron chi connectivity index (χ2n) is 7.05. The molecule has 3 fully saturated rings. The second kappa shape index (κ2) is 5.34. The second-order valence-corrected chi connectivity index (χ2v) is 7.05. The minimum Gasteiger partial charge on any atom is -0.390 e. The summed E-state index contributed by atoms with van der Waals surface area (Å²) < 4.78 is 12.0. The molecule has 3 aliphatic rings. The maximum Gasteiger partial charge on any atom is 0.0915 e. The fourth-order valence-electron chi connectivity index (χ4n) is 4.41. The van der Waals surface area contributed by atoms with Gasteiger partial charge in [0.05, 0.1) is 17.3 Å². The SMILES string of the molecule is CC1(C(O)C2CCOC3(CCCCC3)C2)CCCO1. The molecule has 0 aromatic carbocycles. The molecule has 1 saturated carbocycles. The van der Waals surface area contributed by atoms with Gasteiger partial charge in [-0.1, -0.05) is 19.3 Å². The van der Waals surface area contributed by atoms with Gasteiger partial charge in [0.1, 0.15) is 0 Å². The van der Waals surface area contributed by atoms with E-state index in [1.807, 2.05) is 0 Å². The third-order valence-corrected chi connectivity index (χ3v) is 5.62. The molecule has 3 nitrogen and oxygen atoms in total. The molecule has 3 rings (SSSR count). The number of ether oxygens (including phenoxy) is 2. The highest BCUT2D eigenvalue weighted by Crippen LogP contribution is 2.44. The summed E-state index contributed by atoms with van der Waals surface area (Å²) in [5, 5.41) is 10.8. The lowest BCUT2D eigenvalue weighted by Gasteiger charge is -2.46. The van der Waals surface area contributed by atoms with Crippen molar-refractivity contribution in [2.75, 3.05) is 13.2 Å². The van der Waals surface area contributed by atoms with Crippen molar-refractivity contribution in [1.29, 1.82) is 0 Å². The standard InChI is InChI=1S/C16H28O3/c1-15(7-5-10-18-15)14(17)13-6-11-19-16(12-13)8-3-2-4-9-16/h13-14,17H,2-12H2,1H3. The van der Waals surface area contributed by atoms with Gasteiger partial charge in [-0.25, -0.2) is 0 Å². The molecule has 3 heteroatoms. The quantitative estimate of drug-likeness (QED) is 0.836. The zero-order chi connectivity index (χ0) is 13.3. The lowest BCUT2D eigenvalue weighted by molar-refractivity contribution is -0.165. The zero-order valence-electron chi connectivity index (χ0n) is 12.2. The molecule has 2 aliphatic heterocycles. The first-order valence-electron chi connectivity index (χ1n) is 8.10. The molecule has 2 heterocycles. The van der Waals surface area contributed by atoms with Crippen LogP contribution in [0.1, 0.15) is 64.7 Å². The molecular weight excluding hydrogens is 240 g/mol. The molecule has 0 bridgehead atoms. The Bertz CT molecular complexity index is 298. The summed E-state index contributed by atoms with van der Waals surface area (Å²) in [5.41, 5.74) is -0.227. The van der Waals surface area contributed by atoms with E-state index in [9.17, 15) is 5.11 Å². The Morgan fingerprint density at radius 2 is 1.79 bits per heavy atom. The van der Waals surface area contributed by atoms with Crippen LogP contribution in [0.3, 0.4) is 0 Å². The van der Waals surface area contributed by atoms with Crippen molar-refractivity contribution in [3.05, 3.63) is 0 Å². The zero-order valence-corrected chi connectivity index (χ0v) is 12.2. The van der Waals surface area contributed by atoms with Gasteiger partial charge >= 0.3 is 0 Å². The average molecular weight is 268 g/mol. The first-order chi connectivity index (χ1) is 9.14. The molecule has 1 aliphatic carbocycles. The van der Waals surface area contributed by atoms with Gasteiger partial charge in [0, 0.05) is 13.2 Å². The van der Waals surface area contributed by atoms with Crippen molar-refractivity contribution >= 4 is 0 Å². The van der Waals surface area contributed by atoms with Gasteiger partial charge in [0.2, 0.25) is 0 Å². The Labute approximate surface area is 116 Å². The topological polar surface area (TPSA) is 38.7 Å². The molecule has 3 atom stereocenters. The van der Waals surface area contributed by atoms with E-state index < -0.39 is 0 Å². The molecule has 3 unspecified atom stereocenters. The molecule has 0 radical (unpaired) electrons. The Kier molecular flexibility index (Phi) is 3.89. The summed E-state index contributed by atoms with van der Waals surface area (Å²) in [7, 11) is 0.